The molecule has 0 amide bonds. The van der Waals surface area contributed by atoms with Gasteiger partial charge in [-0.25, -0.2) is 9.97 Å². The van der Waals surface area contributed by atoms with E-state index >= 15 is 0 Å². The number of aromatic nitrogens is 2. The Hall–Kier alpha value is -0.640. The summed E-state index contributed by atoms with van der Waals surface area (Å²) in [4.78, 5) is 8.71. The van der Waals surface area contributed by atoms with E-state index < -0.39 is 0 Å². The quantitative estimate of drug-likeness (QED) is 0.790. The number of hydrogen-bond acceptors (Lipinski definition) is 3. The molecule has 1 rings (SSSR count). The maximum absolute atomic E-state index is 5.52. The van der Waals surface area contributed by atoms with Gasteiger partial charge in [-0.15, -0.1) is 0 Å². The molecule has 0 aliphatic heterocycles. The molecular weight excluding hydrogens is 256 g/mol. The van der Waals surface area contributed by atoms with E-state index in [9.17, 15) is 0 Å². The molecule has 0 bridgehead atoms. The Bertz CT molecular complexity index is 315. The lowest BCUT2D eigenvalue weighted by Gasteiger charge is -2.14. The largest absolute Gasteiger partial charge is 0.475 e. The van der Waals surface area contributed by atoms with Gasteiger partial charge in [0.2, 0.25) is 5.88 Å². The fourth-order valence-electron chi connectivity index (χ4n) is 1.14. The van der Waals surface area contributed by atoms with Crippen LogP contribution in [-0.4, -0.2) is 20.9 Å². The van der Waals surface area contributed by atoms with Crippen molar-refractivity contribution in [1.82, 2.24) is 9.97 Å². The second-order valence-corrected chi connectivity index (χ2v) is 5.36. The van der Waals surface area contributed by atoms with Crippen LogP contribution < -0.4 is 4.74 Å². The number of ether oxygens (including phenoxy) is 1. The van der Waals surface area contributed by atoms with Crippen LogP contribution in [0.25, 0.3) is 0 Å². The lowest BCUT2D eigenvalue weighted by Crippen LogP contribution is -2.10. The molecule has 0 spiro atoms. The average molecular weight is 273 g/mol. The van der Waals surface area contributed by atoms with Crippen LogP contribution in [0.15, 0.2) is 12.4 Å². The van der Waals surface area contributed by atoms with Crippen LogP contribution in [0.1, 0.15) is 39.3 Å². The molecule has 0 radical (unpaired) electrons. The highest BCUT2D eigenvalue weighted by molar-refractivity contribution is 9.09. The minimum absolute atomic E-state index is 0.143. The van der Waals surface area contributed by atoms with Crippen molar-refractivity contribution in [3.8, 4) is 5.88 Å². The molecule has 0 aliphatic rings. The molecule has 0 aliphatic carbocycles. The normalized spacial score (nSPS) is 15.1. The lowest BCUT2D eigenvalue weighted by atomic mass is 10.1. The predicted molar refractivity (Wildman–Crippen MR) is 64.6 cm³/mol. The van der Waals surface area contributed by atoms with E-state index in [1.54, 1.807) is 6.33 Å². The molecule has 0 saturated heterocycles. The molecule has 0 N–H and O–H groups in total. The second-order valence-electron chi connectivity index (χ2n) is 3.91. The highest BCUT2D eigenvalue weighted by atomic mass is 79.9. The van der Waals surface area contributed by atoms with Gasteiger partial charge in [-0.2, -0.15) is 0 Å². The van der Waals surface area contributed by atoms with E-state index in [0.29, 0.717) is 16.6 Å². The third-order valence-electron chi connectivity index (χ3n) is 2.18. The van der Waals surface area contributed by atoms with Crippen molar-refractivity contribution >= 4 is 15.9 Å². The molecule has 1 heterocycles. The Morgan fingerprint density at radius 3 is 2.40 bits per heavy atom. The summed E-state index contributed by atoms with van der Waals surface area (Å²) in [6.07, 6.45) is 1.70. The van der Waals surface area contributed by atoms with Crippen LogP contribution in [0.5, 0.6) is 5.88 Å². The summed E-state index contributed by atoms with van der Waals surface area (Å²) in [6, 6.07) is 1.91. The summed E-state index contributed by atoms with van der Waals surface area (Å²) in [7, 11) is 0. The Morgan fingerprint density at radius 2 is 1.87 bits per heavy atom. The van der Waals surface area contributed by atoms with Crippen LogP contribution in [0.3, 0.4) is 0 Å². The summed E-state index contributed by atoms with van der Waals surface area (Å²) in [5.41, 5.74) is 1.00. The Morgan fingerprint density at radius 1 is 1.20 bits per heavy atom. The SMILES string of the molecule is CC(C)Oc1cc(C(C)C(C)Br)ncn1. The summed E-state index contributed by atoms with van der Waals surface area (Å²) in [5, 5.41) is 0. The molecule has 3 nitrogen and oxygen atoms in total. The van der Waals surface area contributed by atoms with Crippen LogP contribution in [-0.2, 0) is 0 Å². The van der Waals surface area contributed by atoms with Gasteiger partial charge in [0.25, 0.3) is 0 Å². The molecule has 2 atom stereocenters. The van der Waals surface area contributed by atoms with Crippen LogP contribution >= 0.6 is 15.9 Å². The van der Waals surface area contributed by atoms with Crippen molar-refractivity contribution < 1.29 is 4.74 Å². The van der Waals surface area contributed by atoms with Crippen molar-refractivity contribution in [1.29, 1.82) is 0 Å². The van der Waals surface area contributed by atoms with Crippen molar-refractivity contribution in [2.45, 2.75) is 44.5 Å². The van der Waals surface area contributed by atoms with Gasteiger partial charge < -0.3 is 4.74 Å². The summed E-state index contributed by atoms with van der Waals surface area (Å²) < 4.78 is 5.52. The van der Waals surface area contributed by atoms with Gasteiger partial charge >= 0.3 is 0 Å². The molecule has 0 fully saturated rings. The molecule has 1 aromatic rings. The number of nitrogens with zero attached hydrogens (tertiary/aromatic N) is 2. The fourth-order valence-corrected chi connectivity index (χ4v) is 1.41. The topological polar surface area (TPSA) is 35.0 Å². The van der Waals surface area contributed by atoms with E-state index in [-0.39, 0.29) is 6.10 Å². The van der Waals surface area contributed by atoms with E-state index in [2.05, 4.69) is 39.7 Å². The Labute approximate surface area is 99.4 Å². The molecule has 4 heteroatoms. The van der Waals surface area contributed by atoms with E-state index in [0.717, 1.165) is 5.69 Å². The average Bonchev–Trinajstić information content (AvgIpc) is 2.16. The number of rotatable bonds is 4. The molecule has 0 aromatic carbocycles. The Balaban J connectivity index is 2.82. The monoisotopic (exact) mass is 272 g/mol. The molecule has 0 saturated carbocycles. The summed E-state index contributed by atoms with van der Waals surface area (Å²) >= 11 is 3.55. The molecule has 2 unspecified atom stereocenters. The van der Waals surface area contributed by atoms with Crippen molar-refractivity contribution in [2.24, 2.45) is 0 Å². The maximum Gasteiger partial charge on any atom is 0.216 e. The van der Waals surface area contributed by atoms with E-state index in [1.807, 2.05) is 19.9 Å². The molecular formula is C11H17BrN2O. The summed E-state index contributed by atoms with van der Waals surface area (Å²) in [5.74, 6) is 0.998. The molecule has 1 aromatic heterocycles. The first-order valence-corrected chi connectivity index (χ1v) is 6.05. The zero-order valence-corrected chi connectivity index (χ0v) is 11.2. The number of hydrogen-bond donors (Lipinski definition) is 0. The van der Waals surface area contributed by atoms with Gasteiger partial charge in [0.05, 0.1) is 11.8 Å². The highest BCUT2D eigenvalue weighted by Gasteiger charge is 2.14. The number of alkyl halides is 1. The molecule has 84 valence electrons. The van der Waals surface area contributed by atoms with Crippen molar-refractivity contribution in [2.75, 3.05) is 0 Å². The van der Waals surface area contributed by atoms with Crippen LogP contribution in [0.4, 0.5) is 0 Å². The van der Waals surface area contributed by atoms with Gasteiger partial charge in [0, 0.05) is 16.8 Å². The summed E-state index contributed by atoms with van der Waals surface area (Å²) in [6.45, 7) is 8.20. The smallest absolute Gasteiger partial charge is 0.216 e. The third-order valence-corrected chi connectivity index (χ3v) is 2.97. The lowest BCUT2D eigenvalue weighted by molar-refractivity contribution is 0.231. The zero-order chi connectivity index (χ0) is 11.4. The van der Waals surface area contributed by atoms with E-state index in [1.165, 1.54) is 0 Å². The van der Waals surface area contributed by atoms with Gasteiger partial charge in [-0.1, -0.05) is 29.8 Å². The predicted octanol–water partition coefficient (Wildman–Crippen LogP) is 3.15. The standard InChI is InChI=1S/C11H17BrN2O/c1-7(2)15-11-5-10(13-6-14-11)8(3)9(4)12/h5-9H,1-4H3. The van der Waals surface area contributed by atoms with Gasteiger partial charge in [0.1, 0.15) is 6.33 Å². The first-order valence-electron chi connectivity index (χ1n) is 5.13. The minimum atomic E-state index is 0.143. The Kier molecular flexibility index (Phi) is 4.51. The second kappa shape index (κ2) is 5.45. The van der Waals surface area contributed by atoms with Crippen molar-refractivity contribution in [3.05, 3.63) is 18.1 Å². The van der Waals surface area contributed by atoms with Crippen LogP contribution in [0, 0.1) is 0 Å². The zero-order valence-electron chi connectivity index (χ0n) is 9.57. The van der Waals surface area contributed by atoms with Gasteiger partial charge in [-0.3, -0.25) is 0 Å². The minimum Gasteiger partial charge on any atom is -0.475 e. The molecule has 15 heavy (non-hydrogen) atoms. The van der Waals surface area contributed by atoms with E-state index in [4.69, 9.17) is 4.74 Å². The third kappa shape index (κ3) is 3.78. The highest BCUT2D eigenvalue weighted by Crippen LogP contribution is 2.24. The first-order chi connectivity index (χ1) is 7.00. The van der Waals surface area contributed by atoms with Crippen molar-refractivity contribution in [3.63, 3.8) is 0 Å². The number of halogens is 1. The van der Waals surface area contributed by atoms with Gasteiger partial charge in [0.15, 0.2) is 0 Å². The maximum atomic E-state index is 5.52. The fraction of sp³-hybridized carbons (Fsp3) is 0.636. The van der Waals surface area contributed by atoms with Crippen LogP contribution in [0.2, 0.25) is 0 Å². The van der Waals surface area contributed by atoms with Gasteiger partial charge in [-0.05, 0) is 13.8 Å². The first kappa shape index (κ1) is 12.4.